The lowest BCUT2D eigenvalue weighted by Crippen LogP contribution is -2.47. The number of carbonyl (C=O) groups excluding carboxylic acids is 3. The van der Waals surface area contributed by atoms with E-state index in [-0.39, 0.29) is 11.5 Å². The molecule has 130 valence electrons. The van der Waals surface area contributed by atoms with Crippen LogP contribution in [0.3, 0.4) is 0 Å². The van der Waals surface area contributed by atoms with Crippen molar-refractivity contribution in [3.63, 3.8) is 0 Å². The molecule has 0 aromatic carbocycles. The summed E-state index contributed by atoms with van der Waals surface area (Å²) in [6, 6.07) is 0. The minimum Gasteiger partial charge on any atom is -0.468 e. The smallest absolute Gasteiger partial charge is 0.333 e. The lowest BCUT2D eigenvalue weighted by atomic mass is 9.75. The van der Waals surface area contributed by atoms with Crippen molar-refractivity contribution < 1.29 is 28.6 Å². The quantitative estimate of drug-likeness (QED) is 0.308. The zero-order valence-electron chi connectivity index (χ0n) is 14.5. The Hall–Kier alpha value is -1.69. The van der Waals surface area contributed by atoms with Crippen molar-refractivity contribution in [2.75, 3.05) is 14.2 Å². The number of methoxy groups -OCH3 is 2. The highest BCUT2D eigenvalue weighted by Gasteiger charge is 2.56. The number of aldehydes is 1. The normalized spacial score (nSPS) is 29.4. The average Bonchev–Trinajstić information content (AvgIpc) is 2.84. The highest BCUT2D eigenvalue weighted by molar-refractivity contribution is 5.94. The van der Waals surface area contributed by atoms with Gasteiger partial charge in [-0.15, -0.1) is 0 Å². The van der Waals surface area contributed by atoms with Crippen LogP contribution in [-0.4, -0.2) is 44.7 Å². The van der Waals surface area contributed by atoms with Gasteiger partial charge in [-0.25, -0.2) is 4.79 Å². The first-order chi connectivity index (χ1) is 10.7. The van der Waals surface area contributed by atoms with Crippen LogP contribution in [-0.2, 0) is 28.6 Å². The summed E-state index contributed by atoms with van der Waals surface area (Å²) in [5.41, 5.74) is -0.986. The van der Waals surface area contributed by atoms with E-state index in [1.54, 1.807) is 13.8 Å². The summed E-state index contributed by atoms with van der Waals surface area (Å²) in [5.74, 6) is -1.35. The summed E-state index contributed by atoms with van der Waals surface area (Å²) in [6.07, 6.45) is 0.457. The van der Waals surface area contributed by atoms with E-state index in [1.807, 2.05) is 6.92 Å². The van der Waals surface area contributed by atoms with E-state index < -0.39 is 35.5 Å². The molecule has 0 amide bonds. The van der Waals surface area contributed by atoms with Crippen LogP contribution in [0.5, 0.6) is 0 Å². The molecule has 0 radical (unpaired) electrons. The minimum atomic E-state index is -1.27. The molecule has 5 atom stereocenters. The van der Waals surface area contributed by atoms with Gasteiger partial charge in [-0.3, -0.25) is 4.79 Å². The number of ether oxygens (including phenoxy) is 3. The maximum Gasteiger partial charge on any atom is 0.333 e. The molecule has 0 bridgehead atoms. The van der Waals surface area contributed by atoms with Gasteiger partial charge in [0.05, 0.1) is 13.2 Å². The van der Waals surface area contributed by atoms with Crippen molar-refractivity contribution in [2.45, 2.75) is 45.8 Å². The molecule has 1 aliphatic carbocycles. The van der Waals surface area contributed by atoms with E-state index in [4.69, 9.17) is 14.2 Å². The highest BCUT2D eigenvalue weighted by atomic mass is 16.6. The van der Waals surface area contributed by atoms with Crippen LogP contribution in [0.15, 0.2) is 12.2 Å². The van der Waals surface area contributed by atoms with Gasteiger partial charge in [0.1, 0.15) is 17.8 Å². The Balaban J connectivity index is 3.10. The van der Waals surface area contributed by atoms with Gasteiger partial charge in [0, 0.05) is 18.6 Å². The van der Waals surface area contributed by atoms with Gasteiger partial charge in [0.2, 0.25) is 0 Å². The summed E-state index contributed by atoms with van der Waals surface area (Å²) >= 11 is 0. The van der Waals surface area contributed by atoms with E-state index in [0.29, 0.717) is 19.1 Å². The fraction of sp³-hybridized carbons (Fsp3) is 0.706. The van der Waals surface area contributed by atoms with Crippen LogP contribution < -0.4 is 0 Å². The van der Waals surface area contributed by atoms with Gasteiger partial charge in [-0.1, -0.05) is 13.5 Å². The van der Waals surface area contributed by atoms with E-state index in [2.05, 4.69) is 6.58 Å². The lowest BCUT2D eigenvalue weighted by Gasteiger charge is -2.35. The third kappa shape index (κ3) is 3.80. The Bertz CT molecular complexity index is 485. The summed E-state index contributed by atoms with van der Waals surface area (Å²) in [4.78, 5) is 35.8. The van der Waals surface area contributed by atoms with Crippen molar-refractivity contribution in [2.24, 2.45) is 17.3 Å². The second kappa shape index (κ2) is 7.73. The maximum absolute atomic E-state index is 12.3. The van der Waals surface area contributed by atoms with Crippen molar-refractivity contribution in [3.8, 4) is 0 Å². The molecule has 0 spiro atoms. The molecule has 1 aliphatic rings. The predicted octanol–water partition coefficient (Wildman–Crippen LogP) is 1.91. The number of hydrogen-bond donors (Lipinski definition) is 0. The summed E-state index contributed by atoms with van der Waals surface area (Å²) < 4.78 is 15.7. The van der Waals surface area contributed by atoms with Crippen molar-refractivity contribution in [3.05, 3.63) is 12.2 Å². The van der Waals surface area contributed by atoms with Crippen LogP contribution >= 0.6 is 0 Å². The second-order valence-electron chi connectivity index (χ2n) is 6.39. The Kier molecular flexibility index (Phi) is 6.50. The van der Waals surface area contributed by atoms with Gasteiger partial charge in [0.25, 0.3) is 0 Å². The Labute approximate surface area is 137 Å². The van der Waals surface area contributed by atoms with Crippen LogP contribution in [0.2, 0.25) is 0 Å². The molecule has 1 saturated carbocycles. The fourth-order valence-electron chi connectivity index (χ4n) is 3.51. The Morgan fingerprint density at radius 2 is 1.96 bits per heavy atom. The maximum atomic E-state index is 12.3. The molecule has 1 rings (SSSR count). The molecule has 6 nitrogen and oxygen atoms in total. The number of rotatable bonds is 7. The van der Waals surface area contributed by atoms with E-state index in [0.717, 1.165) is 0 Å². The molecule has 1 fully saturated rings. The van der Waals surface area contributed by atoms with Gasteiger partial charge in [0.15, 0.2) is 0 Å². The first-order valence-corrected chi connectivity index (χ1v) is 7.67. The van der Waals surface area contributed by atoms with E-state index in [1.165, 1.54) is 14.2 Å². The minimum absolute atomic E-state index is 0.158. The molecule has 23 heavy (non-hydrogen) atoms. The first-order valence-electron chi connectivity index (χ1n) is 7.67. The molecule has 0 N–H and O–H groups in total. The largest absolute Gasteiger partial charge is 0.468 e. The number of hydrogen-bond acceptors (Lipinski definition) is 6. The number of carbonyl (C=O) groups is 3. The second-order valence-corrected chi connectivity index (χ2v) is 6.39. The van der Waals surface area contributed by atoms with Crippen LogP contribution in [0.4, 0.5) is 0 Å². The van der Waals surface area contributed by atoms with Crippen molar-refractivity contribution in [1.82, 2.24) is 0 Å². The zero-order chi connectivity index (χ0) is 17.8. The molecule has 0 saturated heterocycles. The molecule has 0 aliphatic heterocycles. The average molecular weight is 326 g/mol. The topological polar surface area (TPSA) is 78.9 Å². The predicted molar refractivity (Wildman–Crippen MR) is 83.6 cm³/mol. The fourth-order valence-corrected chi connectivity index (χ4v) is 3.51. The Morgan fingerprint density at radius 3 is 2.39 bits per heavy atom. The molecule has 0 heterocycles. The summed E-state index contributed by atoms with van der Waals surface area (Å²) in [6.45, 7) is 8.75. The van der Waals surface area contributed by atoms with Crippen molar-refractivity contribution in [1.29, 1.82) is 0 Å². The van der Waals surface area contributed by atoms with Gasteiger partial charge in [-0.05, 0) is 32.6 Å². The monoisotopic (exact) mass is 326 g/mol. The first kappa shape index (κ1) is 19.4. The number of esters is 2. The molecule has 0 aromatic rings. The van der Waals surface area contributed by atoms with E-state index >= 15 is 0 Å². The standard InChI is InChI=1S/C17H26O6/c1-10(2)15(19)23-12(4)14(21-5)13-7-11(3)8-17(13,9-18)16(20)22-6/h9,11-14H,1,7-8H2,2-6H3. The molecular weight excluding hydrogens is 300 g/mol. The third-order valence-corrected chi connectivity index (χ3v) is 4.55. The van der Waals surface area contributed by atoms with Crippen LogP contribution in [0.25, 0.3) is 0 Å². The van der Waals surface area contributed by atoms with Crippen LogP contribution in [0, 0.1) is 17.3 Å². The van der Waals surface area contributed by atoms with Gasteiger partial charge < -0.3 is 19.0 Å². The SMILES string of the molecule is C=C(C)C(=O)OC(C)C(OC)C1CC(C)CC1(C=O)C(=O)OC. The van der Waals surface area contributed by atoms with Gasteiger partial charge in [-0.2, -0.15) is 0 Å². The molecule has 0 aromatic heterocycles. The summed E-state index contributed by atoms with van der Waals surface area (Å²) in [5, 5.41) is 0. The zero-order valence-corrected chi connectivity index (χ0v) is 14.5. The summed E-state index contributed by atoms with van der Waals surface area (Å²) in [7, 11) is 2.74. The molecule has 5 unspecified atom stereocenters. The molecular formula is C17H26O6. The molecule has 6 heteroatoms. The lowest BCUT2D eigenvalue weighted by molar-refractivity contribution is -0.167. The van der Waals surface area contributed by atoms with Crippen LogP contribution in [0.1, 0.15) is 33.6 Å². The van der Waals surface area contributed by atoms with Crippen molar-refractivity contribution >= 4 is 18.2 Å². The highest BCUT2D eigenvalue weighted by Crippen LogP contribution is 2.49. The third-order valence-electron chi connectivity index (χ3n) is 4.55. The Morgan fingerprint density at radius 1 is 1.35 bits per heavy atom. The van der Waals surface area contributed by atoms with E-state index in [9.17, 15) is 14.4 Å². The van der Waals surface area contributed by atoms with Gasteiger partial charge >= 0.3 is 11.9 Å².